The van der Waals surface area contributed by atoms with Crippen molar-refractivity contribution in [2.45, 2.75) is 4.90 Å². The Bertz CT molecular complexity index is 869. The molecule has 7 nitrogen and oxygen atoms in total. The van der Waals surface area contributed by atoms with Crippen molar-refractivity contribution in [1.82, 2.24) is 10.0 Å². The minimum atomic E-state index is -3.62. The van der Waals surface area contributed by atoms with Gasteiger partial charge in [-0.15, -0.1) is 0 Å². The standard InChI is InChI=1S/C17H19BrN2O5S/c1-24-15-8-3-12(11-16(15)25-2)17(21)19-9-10-20-26(22,23)14-6-4-13(18)5-7-14/h3-8,11,20H,9-10H2,1-2H3,(H,19,21). The van der Waals surface area contributed by atoms with E-state index >= 15 is 0 Å². The van der Waals surface area contributed by atoms with Gasteiger partial charge in [0.25, 0.3) is 5.91 Å². The van der Waals surface area contributed by atoms with Gasteiger partial charge in [0.15, 0.2) is 11.5 Å². The third-order valence-electron chi connectivity index (χ3n) is 3.47. The van der Waals surface area contributed by atoms with Crippen molar-refractivity contribution in [3.05, 3.63) is 52.5 Å². The number of amides is 1. The zero-order chi connectivity index (χ0) is 19.2. The van der Waals surface area contributed by atoms with Crippen molar-refractivity contribution in [3.8, 4) is 11.5 Å². The van der Waals surface area contributed by atoms with E-state index in [1.165, 1.54) is 26.4 Å². The molecule has 2 aromatic carbocycles. The van der Waals surface area contributed by atoms with Gasteiger partial charge in [-0.25, -0.2) is 13.1 Å². The molecule has 0 heterocycles. The molecular weight excluding hydrogens is 424 g/mol. The highest BCUT2D eigenvalue weighted by molar-refractivity contribution is 9.10. The van der Waals surface area contributed by atoms with Crippen LogP contribution in [0.15, 0.2) is 51.8 Å². The monoisotopic (exact) mass is 442 g/mol. The molecule has 0 atom stereocenters. The largest absolute Gasteiger partial charge is 0.493 e. The molecular formula is C17H19BrN2O5S. The van der Waals surface area contributed by atoms with Crippen LogP contribution in [0.2, 0.25) is 0 Å². The maximum absolute atomic E-state index is 12.2. The molecule has 2 rings (SSSR count). The van der Waals surface area contributed by atoms with E-state index < -0.39 is 10.0 Å². The maximum atomic E-state index is 12.2. The van der Waals surface area contributed by atoms with E-state index in [1.807, 2.05) is 0 Å². The minimum absolute atomic E-state index is 0.0669. The second kappa shape index (κ2) is 9.02. The predicted octanol–water partition coefficient (Wildman–Crippen LogP) is 2.17. The van der Waals surface area contributed by atoms with Crippen LogP contribution in [0.4, 0.5) is 0 Å². The Kier molecular flexibility index (Phi) is 7.01. The Labute approximate surface area is 160 Å². The number of hydrogen-bond donors (Lipinski definition) is 2. The Morgan fingerprint density at radius 1 is 1.00 bits per heavy atom. The third kappa shape index (κ3) is 5.20. The van der Waals surface area contributed by atoms with Crippen molar-refractivity contribution >= 4 is 31.9 Å². The van der Waals surface area contributed by atoms with E-state index in [-0.39, 0.29) is 23.9 Å². The summed E-state index contributed by atoms with van der Waals surface area (Å²) in [4.78, 5) is 12.3. The molecule has 9 heteroatoms. The van der Waals surface area contributed by atoms with Gasteiger partial charge < -0.3 is 14.8 Å². The average Bonchev–Trinajstić information content (AvgIpc) is 2.64. The van der Waals surface area contributed by atoms with Crippen molar-refractivity contribution in [1.29, 1.82) is 0 Å². The van der Waals surface area contributed by atoms with Crippen molar-refractivity contribution in [2.24, 2.45) is 0 Å². The molecule has 0 aliphatic rings. The molecule has 0 saturated carbocycles. The van der Waals surface area contributed by atoms with Crippen LogP contribution in [0.1, 0.15) is 10.4 Å². The first kappa shape index (κ1) is 20.2. The fraction of sp³-hybridized carbons (Fsp3) is 0.235. The molecule has 0 bridgehead atoms. The molecule has 0 spiro atoms. The SMILES string of the molecule is COc1ccc(C(=O)NCCNS(=O)(=O)c2ccc(Br)cc2)cc1OC. The van der Waals surface area contributed by atoms with Gasteiger partial charge in [-0.3, -0.25) is 4.79 Å². The van der Waals surface area contributed by atoms with Gasteiger partial charge in [-0.1, -0.05) is 15.9 Å². The van der Waals surface area contributed by atoms with Crippen molar-refractivity contribution in [3.63, 3.8) is 0 Å². The van der Waals surface area contributed by atoms with Crippen LogP contribution in [-0.2, 0) is 10.0 Å². The highest BCUT2D eigenvalue weighted by atomic mass is 79.9. The molecule has 1 amide bonds. The van der Waals surface area contributed by atoms with Gasteiger partial charge in [0.2, 0.25) is 10.0 Å². The normalized spacial score (nSPS) is 11.0. The second-order valence-electron chi connectivity index (χ2n) is 5.18. The Hall–Kier alpha value is -2.10. The van der Waals surface area contributed by atoms with E-state index in [0.29, 0.717) is 17.1 Å². The fourth-order valence-electron chi connectivity index (χ4n) is 2.14. The first-order valence-corrected chi connectivity index (χ1v) is 9.90. The summed E-state index contributed by atoms with van der Waals surface area (Å²) in [6.07, 6.45) is 0. The number of rotatable bonds is 8. The molecule has 2 N–H and O–H groups in total. The summed E-state index contributed by atoms with van der Waals surface area (Å²) >= 11 is 3.25. The van der Waals surface area contributed by atoms with Crippen LogP contribution >= 0.6 is 15.9 Å². The predicted molar refractivity (Wildman–Crippen MR) is 101 cm³/mol. The molecule has 0 saturated heterocycles. The molecule has 140 valence electrons. The number of carbonyl (C=O) groups is 1. The molecule has 0 unspecified atom stereocenters. The van der Waals surface area contributed by atoms with Gasteiger partial charge >= 0.3 is 0 Å². The van der Waals surface area contributed by atoms with E-state index in [4.69, 9.17) is 9.47 Å². The van der Waals surface area contributed by atoms with Gasteiger partial charge in [-0.2, -0.15) is 0 Å². The van der Waals surface area contributed by atoms with Crippen molar-refractivity contribution in [2.75, 3.05) is 27.3 Å². The number of halogens is 1. The summed E-state index contributed by atoms with van der Waals surface area (Å²) in [5.74, 6) is 0.621. The minimum Gasteiger partial charge on any atom is -0.493 e. The lowest BCUT2D eigenvalue weighted by Crippen LogP contribution is -2.34. The van der Waals surface area contributed by atoms with E-state index in [0.717, 1.165) is 4.47 Å². The Morgan fingerprint density at radius 2 is 1.65 bits per heavy atom. The van der Waals surface area contributed by atoms with Crippen LogP contribution in [0.5, 0.6) is 11.5 Å². The quantitative estimate of drug-likeness (QED) is 0.610. The highest BCUT2D eigenvalue weighted by Crippen LogP contribution is 2.27. The summed E-state index contributed by atoms with van der Waals surface area (Å²) in [7, 11) is -0.626. The lowest BCUT2D eigenvalue weighted by atomic mass is 10.2. The second-order valence-corrected chi connectivity index (χ2v) is 7.86. The molecule has 0 aliphatic heterocycles. The summed E-state index contributed by atoms with van der Waals surface area (Å²) in [6, 6.07) is 11.1. The van der Waals surface area contributed by atoms with Crippen LogP contribution in [0.25, 0.3) is 0 Å². The van der Waals surface area contributed by atoms with E-state index in [2.05, 4.69) is 26.0 Å². The lowest BCUT2D eigenvalue weighted by Gasteiger charge is -2.10. The van der Waals surface area contributed by atoms with E-state index in [1.54, 1.807) is 30.3 Å². The summed E-state index contributed by atoms with van der Waals surface area (Å²) in [5, 5.41) is 2.65. The highest BCUT2D eigenvalue weighted by Gasteiger charge is 2.14. The van der Waals surface area contributed by atoms with Crippen LogP contribution in [-0.4, -0.2) is 41.6 Å². The Balaban J connectivity index is 1.89. The molecule has 2 aromatic rings. The Morgan fingerprint density at radius 3 is 2.27 bits per heavy atom. The molecule has 0 aliphatic carbocycles. The smallest absolute Gasteiger partial charge is 0.251 e. The average molecular weight is 443 g/mol. The van der Waals surface area contributed by atoms with Gasteiger partial charge in [-0.05, 0) is 42.5 Å². The van der Waals surface area contributed by atoms with Crippen LogP contribution in [0, 0.1) is 0 Å². The lowest BCUT2D eigenvalue weighted by molar-refractivity contribution is 0.0954. The molecule has 0 aromatic heterocycles. The zero-order valence-electron chi connectivity index (χ0n) is 14.3. The number of methoxy groups -OCH3 is 2. The van der Waals surface area contributed by atoms with Gasteiger partial charge in [0.05, 0.1) is 19.1 Å². The first-order valence-electron chi connectivity index (χ1n) is 7.63. The fourth-order valence-corrected chi connectivity index (χ4v) is 3.43. The zero-order valence-corrected chi connectivity index (χ0v) is 16.7. The molecule has 0 fully saturated rings. The van der Waals surface area contributed by atoms with Gasteiger partial charge in [0.1, 0.15) is 0 Å². The topological polar surface area (TPSA) is 93.7 Å². The molecule has 26 heavy (non-hydrogen) atoms. The number of carbonyl (C=O) groups excluding carboxylic acids is 1. The van der Waals surface area contributed by atoms with E-state index in [9.17, 15) is 13.2 Å². The number of benzene rings is 2. The summed E-state index contributed by atoms with van der Waals surface area (Å²) < 4.78 is 37.8. The van der Waals surface area contributed by atoms with Crippen LogP contribution in [0.3, 0.4) is 0 Å². The van der Waals surface area contributed by atoms with Crippen LogP contribution < -0.4 is 19.5 Å². The molecule has 0 radical (unpaired) electrons. The number of sulfonamides is 1. The number of hydrogen-bond acceptors (Lipinski definition) is 5. The van der Waals surface area contributed by atoms with Gasteiger partial charge in [0, 0.05) is 23.1 Å². The van der Waals surface area contributed by atoms with Crippen molar-refractivity contribution < 1.29 is 22.7 Å². The number of nitrogens with one attached hydrogen (secondary N) is 2. The first-order chi connectivity index (χ1) is 12.4. The summed E-state index contributed by atoms with van der Waals surface area (Å²) in [5.41, 5.74) is 0.387. The third-order valence-corrected chi connectivity index (χ3v) is 5.48. The number of ether oxygens (including phenoxy) is 2. The maximum Gasteiger partial charge on any atom is 0.251 e. The summed E-state index contributed by atoms with van der Waals surface area (Å²) in [6.45, 7) is 0.209.